The van der Waals surface area contributed by atoms with E-state index < -0.39 is 5.60 Å². The molecule has 1 amide bonds. The lowest BCUT2D eigenvalue weighted by Gasteiger charge is -2.28. The summed E-state index contributed by atoms with van der Waals surface area (Å²) in [5, 5.41) is 0. The number of rotatable bonds is 2. The number of ether oxygens (including phenoxy) is 1. The minimum atomic E-state index is -0.414. The molecule has 108 valence electrons. The van der Waals surface area contributed by atoms with E-state index in [1.54, 1.807) is 0 Å². The van der Waals surface area contributed by atoms with Crippen molar-refractivity contribution >= 4 is 6.09 Å². The predicted molar refractivity (Wildman–Crippen MR) is 76.1 cm³/mol. The standard InChI is InChI=1S/C15H26N2O2/c1-6-7-17-11(2)8-12-9-16(10-13(12)17)14(18)19-15(3,4)5/h6,11-13H,1,7-10H2,2-5H3. The van der Waals surface area contributed by atoms with E-state index in [0.29, 0.717) is 18.0 Å². The van der Waals surface area contributed by atoms with E-state index in [1.165, 1.54) is 0 Å². The van der Waals surface area contributed by atoms with Crippen molar-refractivity contribution in [2.75, 3.05) is 19.6 Å². The highest BCUT2D eigenvalue weighted by Gasteiger charge is 2.46. The maximum absolute atomic E-state index is 12.1. The summed E-state index contributed by atoms with van der Waals surface area (Å²) in [4.78, 5) is 16.4. The van der Waals surface area contributed by atoms with Gasteiger partial charge < -0.3 is 9.64 Å². The Morgan fingerprint density at radius 1 is 1.42 bits per heavy atom. The molecule has 0 aliphatic carbocycles. The average Bonchev–Trinajstić information content (AvgIpc) is 2.77. The molecule has 0 bridgehead atoms. The smallest absolute Gasteiger partial charge is 0.410 e. The van der Waals surface area contributed by atoms with Crippen molar-refractivity contribution in [1.29, 1.82) is 0 Å². The monoisotopic (exact) mass is 266 g/mol. The molecular formula is C15H26N2O2. The quantitative estimate of drug-likeness (QED) is 0.720. The number of fused-ring (bicyclic) bond motifs is 1. The summed E-state index contributed by atoms with van der Waals surface area (Å²) in [5.74, 6) is 0.586. The number of hydrogen-bond acceptors (Lipinski definition) is 3. The van der Waals surface area contributed by atoms with Gasteiger partial charge >= 0.3 is 6.09 Å². The van der Waals surface area contributed by atoms with Gasteiger partial charge in [-0.2, -0.15) is 0 Å². The molecule has 0 aromatic carbocycles. The van der Waals surface area contributed by atoms with Crippen molar-refractivity contribution in [3.8, 4) is 0 Å². The van der Waals surface area contributed by atoms with Crippen molar-refractivity contribution in [2.45, 2.75) is 51.8 Å². The molecule has 0 aromatic rings. The van der Waals surface area contributed by atoms with Gasteiger partial charge in [-0.25, -0.2) is 4.79 Å². The molecule has 2 heterocycles. The first kappa shape index (κ1) is 14.4. The normalized spacial score (nSPS) is 31.4. The number of carbonyl (C=O) groups is 1. The van der Waals surface area contributed by atoms with Crippen LogP contribution in [0.5, 0.6) is 0 Å². The Kier molecular flexibility index (Phi) is 3.90. The third-order valence-electron chi connectivity index (χ3n) is 4.03. The van der Waals surface area contributed by atoms with E-state index in [0.717, 1.165) is 26.1 Å². The Bertz CT molecular complexity index is 362. The second-order valence-electron chi connectivity index (χ2n) is 6.78. The summed E-state index contributed by atoms with van der Waals surface area (Å²) in [6.45, 7) is 14.4. The molecule has 19 heavy (non-hydrogen) atoms. The van der Waals surface area contributed by atoms with E-state index in [1.807, 2.05) is 31.7 Å². The summed E-state index contributed by atoms with van der Waals surface area (Å²) in [7, 11) is 0. The molecule has 3 unspecified atom stereocenters. The minimum absolute atomic E-state index is 0.173. The van der Waals surface area contributed by atoms with Gasteiger partial charge in [0.1, 0.15) is 5.60 Å². The molecule has 3 atom stereocenters. The molecule has 0 spiro atoms. The van der Waals surface area contributed by atoms with Crippen LogP contribution in [0.25, 0.3) is 0 Å². The predicted octanol–water partition coefficient (Wildman–Crippen LogP) is 2.50. The van der Waals surface area contributed by atoms with Crippen molar-refractivity contribution in [3.05, 3.63) is 12.7 Å². The lowest BCUT2D eigenvalue weighted by Crippen LogP contribution is -2.41. The first-order valence-corrected chi connectivity index (χ1v) is 7.16. The van der Waals surface area contributed by atoms with Crippen LogP contribution in [0.4, 0.5) is 4.79 Å². The van der Waals surface area contributed by atoms with Crippen LogP contribution in [0.1, 0.15) is 34.1 Å². The van der Waals surface area contributed by atoms with Crippen molar-refractivity contribution in [3.63, 3.8) is 0 Å². The van der Waals surface area contributed by atoms with Crippen LogP contribution < -0.4 is 0 Å². The van der Waals surface area contributed by atoms with Crippen LogP contribution in [0, 0.1) is 5.92 Å². The van der Waals surface area contributed by atoms with Crippen molar-refractivity contribution in [2.24, 2.45) is 5.92 Å². The fourth-order valence-electron chi connectivity index (χ4n) is 3.30. The Morgan fingerprint density at radius 2 is 2.11 bits per heavy atom. The molecule has 2 fully saturated rings. The van der Waals surface area contributed by atoms with Crippen LogP contribution in [0.15, 0.2) is 12.7 Å². The molecule has 0 aromatic heterocycles. The van der Waals surface area contributed by atoms with Crippen LogP contribution in [-0.4, -0.2) is 53.2 Å². The molecule has 0 N–H and O–H groups in total. The second-order valence-corrected chi connectivity index (χ2v) is 6.78. The van der Waals surface area contributed by atoms with Gasteiger partial charge in [0.15, 0.2) is 0 Å². The highest BCUT2D eigenvalue weighted by Crippen LogP contribution is 2.35. The maximum Gasteiger partial charge on any atom is 0.410 e. The lowest BCUT2D eigenvalue weighted by molar-refractivity contribution is 0.0267. The van der Waals surface area contributed by atoms with Gasteiger partial charge in [0.25, 0.3) is 0 Å². The van der Waals surface area contributed by atoms with Gasteiger partial charge in [-0.15, -0.1) is 6.58 Å². The topological polar surface area (TPSA) is 32.8 Å². The van der Waals surface area contributed by atoms with Crippen LogP contribution >= 0.6 is 0 Å². The van der Waals surface area contributed by atoms with E-state index in [4.69, 9.17) is 4.74 Å². The van der Waals surface area contributed by atoms with Crippen molar-refractivity contribution in [1.82, 2.24) is 9.80 Å². The van der Waals surface area contributed by atoms with Crippen molar-refractivity contribution < 1.29 is 9.53 Å². The Morgan fingerprint density at radius 3 is 2.68 bits per heavy atom. The lowest BCUT2D eigenvalue weighted by atomic mass is 10.0. The Labute approximate surface area is 116 Å². The van der Waals surface area contributed by atoms with Gasteiger partial charge in [-0.3, -0.25) is 4.90 Å². The minimum Gasteiger partial charge on any atom is -0.444 e. The second kappa shape index (κ2) is 5.16. The summed E-state index contributed by atoms with van der Waals surface area (Å²) in [6.07, 6.45) is 2.94. The van der Waals surface area contributed by atoms with E-state index in [-0.39, 0.29) is 6.09 Å². The summed E-state index contributed by atoms with van der Waals surface area (Å²) >= 11 is 0. The zero-order valence-electron chi connectivity index (χ0n) is 12.6. The number of amides is 1. The highest BCUT2D eigenvalue weighted by molar-refractivity contribution is 5.68. The molecule has 0 radical (unpaired) electrons. The molecule has 0 saturated carbocycles. The zero-order valence-corrected chi connectivity index (χ0v) is 12.6. The van der Waals surface area contributed by atoms with Gasteiger partial charge in [0.2, 0.25) is 0 Å². The fourth-order valence-corrected chi connectivity index (χ4v) is 3.30. The average molecular weight is 266 g/mol. The van der Waals surface area contributed by atoms with Gasteiger partial charge in [-0.05, 0) is 40.0 Å². The number of likely N-dealkylation sites (tertiary alicyclic amines) is 2. The highest BCUT2D eigenvalue weighted by atomic mass is 16.6. The number of nitrogens with zero attached hydrogens (tertiary/aromatic N) is 2. The first-order valence-electron chi connectivity index (χ1n) is 7.16. The molecule has 2 saturated heterocycles. The number of hydrogen-bond donors (Lipinski definition) is 0. The largest absolute Gasteiger partial charge is 0.444 e. The van der Waals surface area contributed by atoms with Crippen LogP contribution in [0.2, 0.25) is 0 Å². The van der Waals surface area contributed by atoms with E-state index >= 15 is 0 Å². The molecule has 2 rings (SSSR count). The van der Waals surface area contributed by atoms with Crippen LogP contribution in [0.3, 0.4) is 0 Å². The Hall–Kier alpha value is -1.03. The molecular weight excluding hydrogens is 240 g/mol. The SMILES string of the molecule is C=CCN1C(C)CC2CN(C(=O)OC(C)(C)C)CC21. The molecule has 2 aliphatic heterocycles. The van der Waals surface area contributed by atoms with E-state index in [2.05, 4.69) is 18.4 Å². The third kappa shape index (κ3) is 3.11. The zero-order chi connectivity index (χ0) is 14.2. The van der Waals surface area contributed by atoms with E-state index in [9.17, 15) is 4.79 Å². The van der Waals surface area contributed by atoms with Gasteiger partial charge in [0, 0.05) is 31.7 Å². The molecule has 4 heteroatoms. The summed E-state index contributed by atoms with van der Waals surface area (Å²) < 4.78 is 5.46. The van der Waals surface area contributed by atoms with Gasteiger partial charge in [0.05, 0.1) is 0 Å². The first-order chi connectivity index (χ1) is 8.81. The third-order valence-corrected chi connectivity index (χ3v) is 4.03. The molecule has 4 nitrogen and oxygen atoms in total. The summed E-state index contributed by atoms with van der Waals surface area (Å²) in [6, 6.07) is 1.06. The summed E-state index contributed by atoms with van der Waals surface area (Å²) in [5.41, 5.74) is -0.414. The molecule has 2 aliphatic rings. The van der Waals surface area contributed by atoms with Gasteiger partial charge in [-0.1, -0.05) is 6.08 Å². The fraction of sp³-hybridized carbons (Fsp3) is 0.800. The van der Waals surface area contributed by atoms with Crippen LogP contribution in [-0.2, 0) is 4.74 Å². The Balaban J connectivity index is 1.97. The number of carbonyl (C=O) groups excluding carboxylic acids is 1. The maximum atomic E-state index is 12.1.